The van der Waals surface area contributed by atoms with Crippen LogP contribution in [0.15, 0.2) is 23.6 Å². The number of halogens is 1. The van der Waals surface area contributed by atoms with Gasteiger partial charge in [0.2, 0.25) is 0 Å². The Balaban J connectivity index is 2.35. The molecule has 2 aromatic rings. The second-order valence-corrected chi connectivity index (χ2v) is 4.38. The van der Waals surface area contributed by atoms with Gasteiger partial charge < -0.3 is 0 Å². The van der Waals surface area contributed by atoms with Crippen molar-refractivity contribution in [1.29, 1.82) is 0 Å². The number of aromatic nitrogens is 2. The molecule has 0 fully saturated rings. The van der Waals surface area contributed by atoms with Crippen LogP contribution in [0.2, 0.25) is 0 Å². The number of thiazole rings is 1. The highest BCUT2D eigenvalue weighted by Crippen LogP contribution is 2.22. The van der Waals surface area contributed by atoms with Gasteiger partial charge >= 0.3 is 0 Å². The van der Waals surface area contributed by atoms with Gasteiger partial charge in [0.15, 0.2) is 5.78 Å². The van der Waals surface area contributed by atoms with Gasteiger partial charge in [-0.2, -0.15) is 0 Å². The molecule has 82 valence electrons. The van der Waals surface area contributed by atoms with E-state index in [-0.39, 0.29) is 11.7 Å². The van der Waals surface area contributed by atoms with Gasteiger partial charge in [-0.05, 0) is 19.1 Å². The Labute approximate surface area is 102 Å². The van der Waals surface area contributed by atoms with E-state index in [0.29, 0.717) is 5.69 Å². The lowest BCUT2D eigenvalue weighted by Gasteiger charge is -1.96. The highest BCUT2D eigenvalue weighted by atomic mass is 35.5. The Morgan fingerprint density at radius 2 is 2.25 bits per heavy atom. The van der Waals surface area contributed by atoms with E-state index in [4.69, 9.17) is 11.6 Å². The van der Waals surface area contributed by atoms with Crippen LogP contribution in [0.1, 0.15) is 16.2 Å². The number of Topliss-reactive ketones (excluding diaryl/α,β-unsaturated/α-hetero) is 1. The average molecular weight is 253 g/mol. The fourth-order valence-electron chi connectivity index (χ4n) is 1.25. The zero-order chi connectivity index (χ0) is 11.5. The first-order valence-electron chi connectivity index (χ1n) is 4.69. The molecule has 0 aliphatic carbocycles. The lowest BCUT2D eigenvalue weighted by molar-refractivity contribution is 0.101. The first-order chi connectivity index (χ1) is 7.70. The largest absolute Gasteiger partial charge is 0.291 e. The molecule has 2 aromatic heterocycles. The van der Waals surface area contributed by atoms with E-state index in [2.05, 4.69) is 9.97 Å². The van der Waals surface area contributed by atoms with Crippen LogP contribution in [-0.2, 0) is 0 Å². The summed E-state index contributed by atoms with van der Waals surface area (Å²) in [5, 5.41) is 2.46. The van der Waals surface area contributed by atoms with Crippen molar-refractivity contribution in [2.75, 3.05) is 5.88 Å². The van der Waals surface area contributed by atoms with Crippen LogP contribution >= 0.6 is 22.9 Å². The highest BCUT2D eigenvalue weighted by Gasteiger charge is 2.11. The van der Waals surface area contributed by atoms with Crippen LogP contribution in [0.25, 0.3) is 10.7 Å². The summed E-state index contributed by atoms with van der Waals surface area (Å²) in [5.74, 6) is -0.193. The van der Waals surface area contributed by atoms with Gasteiger partial charge in [0.25, 0.3) is 0 Å². The van der Waals surface area contributed by atoms with Crippen LogP contribution < -0.4 is 0 Å². The molecule has 0 bridgehead atoms. The van der Waals surface area contributed by atoms with Crippen molar-refractivity contribution in [3.63, 3.8) is 0 Å². The molecule has 0 aliphatic heterocycles. The quantitative estimate of drug-likeness (QED) is 0.623. The standard InChI is InChI=1S/C11H9ClN2OS/c1-7-3-2-4-8(13-7)11-14-9(6-16-11)10(15)5-12/h2-4,6H,5H2,1H3. The second kappa shape index (κ2) is 4.72. The molecular formula is C11H9ClN2OS. The third-order valence-corrected chi connectivity index (χ3v) is 3.13. The molecule has 0 saturated carbocycles. The maximum absolute atomic E-state index is 11.3. The van der Waals surface area contributed by atoms with Gasteiger partial charge in [-0.1, -0.05) is 6.07 Å². The molecule has 0 aromatic carbocycles. The zero-order valence-electron chi connectivity index (χ0n) is 8.61. The molecule has 0 radical (unpaired) electrons. The number of aryl methyl sites for hydroxylation is 1. The molecule has 0 aliphatic rings. The molecule has 2 rings (SSSR count). The third-order valence-electron chi connectivity index (χ3n) is 2.02. The monoisotopic (exact) mass is 252 g/mol. The lowest BCUT2D eigenvalue weighted by Crippen LogP contribution is -2.00. The molecule has 3 nitrogen and oxygen atoms in total. The van der Waals surface area contributed by atoms with Gasteiger partial charge in [0.1, 0.15) is 10.7 Å². The molecule has 16 heavy (non-hydrogen) atoms. The van der Waals surface area contributed by atoms with Crippen LogP contribution in [0.4, 0.5) is 0 Å². The summed E-state index contributed by atoms with van der Waals surface area (Å²) in [4.78, 5) is 19.9. The number of pyridine rings is 1. The Morgan fingerprint density at radius 1 is 1.44 bits per heavy atom. The van der Waals surface area contributed by atoms with Crippen molar-refractivity contribution >= 4 is 28.7 Å². The van der Waals surface area contributed by atoms with Crippen LogP contribution in [0.3, 0.4) is 0 Å². The summed E-state index contributed by atoms with van der Waals surface area (Å²) < 4.78 is 0. The topological polar surface area (TPSA) is 42.9 Å². The molecule has 0 unspecified atom stereocenters. The minimum absolute atomic E-state index is 0.0373. The van der Waals surface area contributed by atoms with E-state index in [1.54, 1.807) is 5.38 Å². The Bertz CT molecular complexity index is 524. The molecule has 0 spiro atoms. The van der Waals surface area contributed by atoms with Crippen LogP contribution in [-0.4, -0.2) is 21.6 Å². The third kappa shape index (κ3) is 2.28. The van der Waals surface area contributed by atoms with Gasteiger partial charge in [-0.15, -0.1) is 22.9 Å². The fourth-order valence-corrected chi connectivity index (χ4v) is 2.18. The Kier molecular flexibility index (Phi) is 3.31. The summed E-state index contributed by atoms with van der Waals surface area (Å²) in [6.07, 6.45) is 0. The maximum atomic E-state index is 11.3. The molecular weight excluding hydrogens is 244 g/mol. The fraction of sp³-hybridized carbons (Fsp3) is 0.182. The first kappa shape index (κ1) is 11.2. The maximum Gasteiger partial charge on any atom is 0.196 e. The van der Waals surface area contributed by atoms with E-state index < -0.39 is 0 Å². The zero-order valence-corrected chi connectivity index (χ0v) is 10.2. The summed E-state index contributed by atoms with van der Waals surface area (Å²) in [6, 6.07) is 5.71. The van der Waals surface area contributed by atoms with Crippen molar-refractivity contribution in [1.82, 2.24) is 9.97 Å². The van der Waals surface area contributed by atoms with E-state index in [1.807, 2.05) is 25.1 Å². The first-order valence-corrected chi connectivity index (χ1v) is 6.11. The molecule has 0 atom stereocenters. The van der Waals surface area contributed by atoms with E-state index in [0.717, 1.165) is 16.4 Å². The number of alkyl halides is 1. The number of hydrogen-bond acceptors (Lipinski definition) is 4. The minimum Gasteiger partial charge on any atom is -0.291 e. The van der Waals surface area contributed by atoms with Gasteiger partial charge in [-0.25, -0.2) is 4.98 Å². The summed E-state index contributed by atoms with van der Waals surface area (Å²) in [6.45, 7) is 1.92. The lowest BCUT2D eigenvalue weighted by atomic mass is 10.3. The Morgan fingerprint density at radius 3 is 2.94 bits per heavy atom. The van der Waals surface area contributed by atoms with E-state index >= 15 is 0 Å². The van der Waals surface area contributed by atoms with E-state index in [1.165, 1.54) is 11.3 Å². The van der Waals surface area contributed by atoms with Gasteiger partial charge in [0.05, 0.1) is 11.6 Å². The van der Waals surface area contributed by atoms with E-state index in [9.17, 15) is 4.79 Å². The summed E-state index contributed by atoms with van der Waals surface area (Å²) in [7, 11) is 0. The number of carbonyl (C=O) groups excluding carboxylic acids is 1. The number of hydrogen-bond donors (Lipinski definition) is 0. The number of nitrogens with zero attached hydrogens (tertiary/aromatic N) is 2. The van der Waals surface area contributed by atoms with Crippen molar-refractivity contribution in [3.05, 3.63) is 35.0 Å². The van der Waals surface area contributed by atoms with Gasteiger partial charge in [-0.3, -0.25) is 9.78 Å². The van der Waals surface area contributed by atoms with Crippen molar-refractivity contribution < 1.29 is 4.79 Å². The normalized spacial score (nSPS) is 10.4. The Hall–Kier alpha value is -1.26. The van der Waals surface area contributed by atoms with Crippen LogP contribution in [0.5, 0.6) is 0 Å². The van der Waals surface area contributed by atoms with Crippen molar-refractivity contribution in [2.45, 2.75) is 6.92 Å². The smallest absolute Gasteiger partial charge is 0.196 e. The number of rotatable bonds is 3. The number of ketones is 1. The predicted molar refractivity (Wildman–Crippen MR) is 65.1 cm³/mol. The summed E-state index contributed by atoms with van der Waals surface area (Å²) in [5.41, 5.74) is 2.13. The number of carbonyl (C=O) groups is 1. The second-order valence-electron chi connectivity index (χ2n) is 3.26. The van der Waals surface area contributed by atoms with Crippen molar-refractivity contribution in [2.24, 2.45) is 0 Å². The summed E-state index contributed by atoms with van der Waals surface area (Å²) >= 11 is 6.87. The highest BCUT2D eigenvalue weighted by molar-refractivity contribution is 7.13. The molecule has 2 heterocycles. The van der Waals surface area contributed by atoms with Crippen LogP contribution in [0, 0.1) is 6.92 Å². The molecule has 0 N–H and O–H groups in total. The molecule has 5 heteroatoms. The predicted octanol–water partition coefficient (Wildman–Crippen LogP) is 2.94. The minimum atomic E-state index is -0.156. The molecule has 0 amide bonds. The SMILES string of the molecule is Cc1cccc(-c2nc(C(=O)CCl)cs2)n1. The van der Waals surface area contributed by atoms with Crippen molar-refractivity contribution in [3.8, 4) is 10.7 Å². The molecule has 0 saturated heterocycles. The average Bonchev–Trinajstić information content (AvgIpc) is 2.77. The van der Waals surface area contributed by atoms with Gasteiger partial charge in [0, 0.05) is 11.1 Å².